The molecule has 0 aliphatic rings. The van der Waals surface area contributed by atoms with Gasteiger partial charge in [0.15, 0.2) is 0 Å². The van der Waals surface area contributed by atoms with Crippen molar-refractivity contribution in [1.29, 1.82) is 0 Å². The Bertz CT molecular complexity index is 14.9. The van der Waals surface area contributed by atoms with Crippen LogP contribution < -0.4 is 5.32 Å². The first kappa shape index (κ1) is 25.2. The Balaban J connectivity index is -0.0000000105. The number of aliphatic hydroxyl groups is 1. The van der Waals surface area contributed by atoms with Gasteiger partial charge in [-0.15, -0.1) is 12.4 Å². The molecule has 0 bridgehead atoms. The van der Waals surface area contributed by atoms with Gasteiger partial charge in [-0.2, -0.15) is 0 Å². The molecule has 0 aliphatic heterocycles. The van der Waals surface area contributed by atoms with Crippen molar-refractivity contribution in [3.63, 3.8) is 0 Å². The summed E-state index contributed by atoms with van der Waals surface area (Å²) in [6.45, 7) is 0. The van der Waals surface area contributed by atoms with E-state index in [9.17, 15) is 0 Å². The molecule has 0 rings (SSSR count). The molecule has 0 saturated carbocycles. The Morgan fingerprint density at radius 3 is 1.14 bits per heavy atom. The van der Waals surface area contributed by atoms with Crippen LogP contribution in [-0.4, -0.2) is 26.3 Å². The fourth-order valence-corrected chi connectivity index (χ4v) is 0. The first-order valence-corrected chi connectivity index (χ1v) is 1.45. The molecule has 2 N–H and O–H groups in total. The van der Waals surface area contributed by atoms with E-state index in [2.05, 4.69) is 5.32 Å². The summed E-state index contributed by atoms with van der Waals surface area (Å²) in [6, 6.07) is 0. The van der Waals surface area contributed by atoms with Crippen molar-refractivity contribution < 1.29 is 22.2 Å². The van der Waals surface area contributed by atoms with Crippen molar-refractivity contribution in [2.45, 2.75) is 0 Å². The molecule has 0 amide bonds. The summed E-state index contributed by atoms with van der Waals surface area (Å²) < 4.78 is 0. The first-order valence-electron chi connectivity index (χ1n) is 1.45. The smallest absolute Gasteiger partial charge is 0.0319 e. The van der Waals surface area contributed by atoms with Crippen LogP contribution in [0, 0.1) is 0 Å². The fourth-order valence-electron chi connectivity index (χ4n) is 0. The average Bonchev–Trinajstić information content (AvgIpc) is 1.46. The second-order valence-corrected chi connectivity index (χ2v) is 0.500. The molecule has 0 heterocycles. The van der Waals surface area contributed by atoms with Gasteiger partial charge < -0.3 is 10.4 Å². The molecule has 0 unspecified atom stereocenters. The topological polar surface area (TPSA) is 32.3 Å². The van der Waals surface area contributed by atoms with Crippen molar-refractivity contribution in [2.24, 2.45) is 0 Å². The molecule has 0 atom stereocenters. The van der Waals surface area contributed by atoms with Crippen molar-refractivity contribution in [3.05, 3.63) is 0 Å². The van der Waals surface area contributed by atoms with Crippen molar-refractivity contribution >= 4 is 12.4 Å². The molecular formula is C3H12ClFeNO. The van der Waals surface area contributed by atoms with E-state index in [1.54, 1.807) is 0 Å². The third-order valence-electron chi connectivity index (χ3n) is 0. The molecule has 50 valence electrons. The molecule has 0 aromatic rings. The van der Waals surface area contributed by atoms with Crippen molar-refractivity contribution in [3.8, 4) is 0 Å². The molecule has 0 fully saturated rings. The van der Waals surface area contributed by atoms with Gasteiger partial charge in [-0.1, -0.05) is 0 Å². The molecule has 0 aromatic carbocycles. The van der Waals surface area contributed by atoms with Crippen LogP contribution in [0.5, 0.6) is 0 Å². The van der Waals surface area contributed by atoms with Gasteiger partial charge in [0.1, 0.15) is 0 Å². The van der Waals surface area contributed by atoms with Crippen LogP contribution in [0.4, 0.5) is 0 Å². The minimum absolute atomic E-state index is 0. The van der Waals surface area contributed by atoms with Crippen LogP contribution in [0.25, 0.3) is 0 Å². The average molecular weight is 169 g/mol. The maximum atomic E-state index is 7.00. The summed E-state index contributed by atoms with van der Waals surface area (Å²) in [4.78, 5) is 0. The molecule has 7 heavy (non-hydrogen) atoms. The summed E-state index contributed by atoms with van der Waals surface area (Å²) in [5.74, 6) is 0. The predicted octanol–water partition coefficient (Wildman–Crippen LogP) is -0.137. The molecule has 0 aliphatic carbocycles. The van der Waals surface area contributed by atoms with Crippen LogP contribution in [0.1, 0.15) is 0 Å². The number of rotatable bonds is 0. The van der Waals surface area contributed by atoms with E-state index in [1.165, 1.54) is 0 Å². The molecular weight excluding hydrogens is 157 g/mol. The van der Waals surface area contributed by atoms with E-state index < -0.39 is 0 Å². The van der Waals surface area contributed by atoms with Crippen LogP contribution in [-0.2, 0) is 17.1 Å². The van der Waals surface area contributed by atoms with Crippen molar-refractivity contribution in [2.75, 3.05) is 21.2 Å². The minimum Gasteiger partial charge on any atom is -0.400 e. The number of halogens is 1. The summed E-state index contributed by atoms with van der Waals surface area (Å²) >= 11 is 0. The molecule has 2 nitrogen and oxygen atoms in total. The van der Waals surface area contributed by atoms with Gasteiger partial charge in [0.05, 0.1) is 0 Å². The van der Waals surface area contributed by atoms with E-state index >= 15 is 0 Å². The normalized spacial score (nSPS) is 3.43. The Morgan fingerprint density at radius 1 is 1.14 bits per heavy atom. The van der Waals surface area contributed by atoms with Gasteiger partial charge >= 0.3 is 0 Å². The van der Waals surface area contributed by atoms with Gasteiger partial charge in [0.25, 0.3) is 0 Å². The van der Waals surface area contributed by atoms with Gasteiger partial charge in [0, 0.05) is 24.2 Å². The summed E-state index contributed by atoms with van der Waals surface area (Å²) in [7, 11) is 4.75. The van der Waals surface area contributed by atoms with Crippen LogP contribution in [0.15, 0.2) is 0 Å². The van der Waals surface area contributed by atoms with Gasteiger partial charge in [-0.3, -0.25) is 0 Å². The van der Waals surface area contributed by atoms with Gasteiger partial charge in [0.2, 0.25) is 0 Å². The summed E-state index contributed by atoms with van der Waals surface area (Å²) in [6.07, 6.45) is 0. The number of hydrogen-bond acceptors (Lipinski definition) is 2. The maximum absolute atomic E-state index is 7.00. The third kappa shape index (κ3) is 283. The largest absolute Gasteiger partial charge is 0.400 e. The minimum atomic E-state index is 0. The molecule has 0 saturated heterocycles. The van der Waals surface area contributed by atoms with E-state index in [-0.39, 0.29) is 29.5 Å². The summed E-state index contributed by atoms with van der Waals surface area (Å²) in [5, 5.41) is 9.75. The fraction of sp³-hybridized carbons (Fsp3) is 1.00. The number of hydrogen-bond donors (Lipinski definition) is 2. The first-order chi connectivity index (χ1) is 2.41. The Morgan fingerprint density at radius 2 is 1.14 bits per heavy atom. The zero-order valence-corrected chi connectivity index (χ0v) is 6.63. The van der Waals surface area contributed by atoms with Crippen LogP contribution in [0.2, 0.25) is 0 Å². The molecule has 4 heteroatoms. The molecule has 0 aromatic heterocycles. The number of aliphatic hydroxyl groups excluding tert-OH is 1. The summed E-state index contributed by atoms with van der Waals surface area (Å²) in [5.41, 5.74) is 0. The Hall–Kier alpha value is 0.729. The second-order valence-electron chi connectivity index (χ2n) is 0.500. The number of nitrogens with one attached hydrogen (secondary N) is 1. The van der Waals surface area contributed by atoms with E-state index in [0.717, 1.165) is 7.11 Å². The molecule has 0 radical (unpaired) electrons. The standard InChI is InChI=1S/C2H7N.CH4O.ClH.Fe/c1-3-2;1-2;;/h3H,1-2H3;2H,1H3;1H;. The van der Waals surface area contributed by atoms with Gasteiger partial charge in [-0.05, 0) is 14.1 Å². The zero-order valence-electron chi connectivity index (χ0n) is 4.71. The van der Waals surface area contributed by atoms with Gasteiger partial charge in [-0.25, -0.2) is 0 Å². The second kappa shape index (κ2) is 73.9. The van der Waals surface area contributed by atoms with Crippen LogP contribution >= 0.6 is 12.4 Å². The van der Waals surface area contributed by atoms with E-state index in [4.69, 9.17) is 5.11 Å². The Kier molecular flexibility index (Phi) is 266. The van der Waals surface area contributed by atoms with E-state index in [0.29, 0.717) is 0 Å². The predicted molar refractivity (Wildman–Crippen MR) is 30.4 cm³/mol. The van der Waals surface area contributed by atoms with Crippen LogP contribution in [0.3, 0.4) is 0 Å². The maximum Gasteiger partial charge on any atom is 0.0319 e. The van der Waals surface area contributed by atoms with E-state index in [1.807, 2.05) is 14.1 Å². The monoisotopic (exact) mass is 169 g/mol. The zero-order chi connectivity index (χ0) is 4.71. The third-order valence-corrected chi connectivity index (χ3v) is 0. The quantitative estimate of drug-likeness (QED) is 0.495. The Labute approximate surface area is 61.6 Å². The molecule has 0 spiro atoms. The van der Waals surface area contributed by atoms with Crippen molar-refractivity contribution in [1.82, 2.24) is 5.32 Å². The SMILES string of the molecule is CNC.CO.Cl.[Fe].